The molecular weight excluding hydrogens is 516 g/mol. The summed E-state index contributed by atoms with van der Waals surface area (Å²) in [7, 11) is -3.33. The molecule has 9 nitrogen and oxygen atoms in total. The zero-order valence-corrected chi connectivity index (χ0v) is 23.3. The van der Waals surface area contributed by atoms with Crippen LogP contribution in [0.25, 0.3) is 5.69 Å². The van der Waals surface area contributed by atoms with Crippen molar-refractivity contribution in [3.8, 4) is 17.2 Å². The van der Waals surface area contributed by atoms with Gasteiger partial charge in [-0.05, 0) is 57.2 Å². The second kappa shape index (κ2) is 11.8. The number of ether oxygens (including phenoxy) is 2. The lowest BCUT2D eigenvalue weighted by Crippen LogP contribution is -2.50. The van der Waals surface area contributed by atoms with E-state index in [1.165, 1.54) is 8.99 Å². The van der Waals surface area contributed by atoms with Crippen molar-refractivity contribution in [3.63, 3.8) is 0 Å². The molecule has 0 spiro atoms. The second-order valence-electron chi connectivity index (χ2n) is 10.4. The molecule has 2 fully saturated rings. The molecule has 0 bridgehead atoms. The van der Waals surface area contributed by atoms with Crippen LogP contribution in [0.5, 0.6) is 11.5 Å². The average molecular weight is 553 g/mol. The number of hydrogen-bond donors (Lipinski definition) is 0. The van der Waals surface area contributed by atoms with E-state index in [-0.39, 0.29) is 17.4 Å². The maximum Gasteiger partial charge on any atom is 0.316 e. The van der Waals surface area contributed by atoms with E-state index in [9.17, 15) is 13.2 Å². The molecule has 0 atom stereocenters. The molecule has 1 aliphatic heterocycles. The third kappa shape index (κ3) is 6.12. The van der Waals surface area contributed by atoms with Gasteiger partial charge in [-0.15, -0.1) is 0 Å². The van der Waals surface area contributed by atoms with Crippen LogP contribution in [0.15, 0.2) is 65.6 Å². The third-order valence-corrected chi connectivity index (χ3v) is 9.62. The van der Waals surface area contributed by atoms with Crippen LogP contribution in [0.1, 0.15) is 45.1 Å². The number of sulfonamides is 1. The number of piperazine rings is 1. The van der Waals surface area contributed by atoms with Crippen molar-refractivity contribution < 1.29 is 17.9 Å². The summed E-state index contributed by atoms with van der Waals surface area (Å²) in [4.78, 5) is 15.8. The molecule has 0 N–H and O–H groups in total. The average Bonchev–Trinajstić information content (AvgIpc) is 3.47. The fourth-order valence-electron chi connectivity index (χ4n) is 5.05. The maximum absolute atomic E-state index is 13.8. The first-order valence-electron chi connectivity index (χ1n) is 13.6. The molecular formula is C29H36N4O5S. The SMILES string of the molecule is CC(C)S(=O)(=O)N1CCN(c2cnn(-c3cccc(OCc4ccccc4)c3)c(=O)c2OC2CCCC2)CC1. The normalized spacial score (nSPS) is 17.1. The van der Waals surface area contributed by atoms with E-state index in [1.807, 2.05) is 53.4 Å². The summed E-state index contributed by atoms with van der Waals surface area (Å²) in [5.41, 5.74) is 1.91. The number of aromatic nitrogens is 2. The first-order valence-corrected chi connectivity index (χ1v) is 15.1. The molecule has 1 saturated heterocycles. The van der Waals surface area contributed by atoms with Crippen molar-refractivity contribution >= 4 is 15.7 Å². The van der Waals surface area contributed by atoms with Crippen LogP contribution in [0.3, 0.4) is 0 Å². The van der Waals surface area contributed by atoms with Gasteiger partial charge in [-0.3, -0.25) is 4.79 Å². The van der Waals surface area contributed by atoms with Crippen molar-refractivity contribution in [2.45, 2.75) is 57.5 Å². The molecule has 2 aromatic carbocycles. The molecule has 0 unspecified atom stereocenters. The predicted octanol–water partition coefficient (Wildman–Crippen LogP) is 3.99. The highest BCUT2D eigenvalue weighted by molar-refractivity contribution is 7.89. The summed E-state index contributed by atoms with van der Waals surface area (Å²) in [6, 6.07) is 17.2. The van der Waals surface area contributed by atoms with Crippen molar-refractivity contribution in [2.24, 2.45) is 0 Å². The molecule has 39 heavy (non-hydrogen) atoms. The number of nitrogens with zero attached hydrogens (tertiary/aromatic N) is 4. The zero-order chi connectivity index (χ0) is 27.4. The van der Waals surface area contributed by atoms with Crippen LogP contribution < -0.4 is 19.9 Å². The summed E-state index contributed by atoms with van der Waals surface area (Å²) in [5, 5.41) is 4.04. The van der Waals surface area contributed by atoms with Gasteiger partial charge in [-0.2, -0.15) is 14.1 Å². The largest absolute Gasteiger partial charge is 0.489 e. The van der Waals surface area contributed by atoms with E-state index in [0.717, 1.165) is 31.2 Å². The fourth-order valence-corrected chi connectivity index (χ4v) is 6.32. The molecule has 2 aliphatic rings. The lowest BCUT2D eigenvalue weighted by molar-refractivity contribution is 0.205. The molecule has 0 amide bonds. The van der Waals surface area contributed by atoms with Crippen LogP contribution in [-0.2, 0) is 16.6 Å². The van der Waals surface area contributed by atoms with Crippen LogP contribution in [0, 0.1) is 0 Å². The van der Waals surface area contributed by atoms with Gasteiger partial charge in [0.25, 0.3) is 0 Å². The van der Waals surface area contributed by atoms with Crippen molar-refractivity contribution in [1.82, 2.24) is 14.1 Å². The highest BCUT2D eigenvalue weighted by Crippen LogP contribution is 2.31. The summed E-state index contributed by atoms with van der Waals surface area (Å²) in [5.74, 6) is 0.905. The fraction of sp³-hybridized carbons (Fsp3) is 0.448. The lowest BCUT2D eigenvalue weighted by atomic mass is 10.2. The molecule has 3 aromatic rings. The van der Waals surface area contributed by atoms with Gasteiger partial charge in [0.1, 0.15) is 18.0 Å². The minimum atomic E-state index is -3.33. The monoisotopic (exact) mass is 552 g/mol. The molecule has 5 rings (SSSR count). The topological polar surface area (TPSA) is 94.0 Å². The third-order valence-electron chi connectivity index (χ3n) is 7.35. The van der Waals surface area contributed by atoms with Crippen molar-refractivity contribution in [2.75, 3.05) is 31.1 Å². The van der Waals surface area contributed by atoms with E-state index in [2.05, 4.69) is 5.10 Å². The Balaban J connectivity index is 1.41. The van der Waals surface area contributed by atoms with Gasteiger partial charge in [-0.1, -0.05) is 36.4 Å². The predicted molar refractivity (Wildman–Crippen MR) is 151 cm³/mol. The Labute approximate surface area is 230 Å². The molecule has 0 radical (unpaired) electrons. The van der Waals surface area contributed by atoms with Gasteiger partial charge in [-0.25, -0.2) is 8.42 Å². The smallest absolute Gasteiger partial charge is 0.316 e. The van der Waals surface area contributed by atoms with Crippen LogP contribution in [-0.4, -0.2) is 60.0 Å². The number of hydrogen-bond acceptors (Lipinski definition) is 7. The first-order chi connectivity index (χ1) is 18.8. The van der Waals surface area contributed by atoms with Gasteiger partial charge < -0.3 is 14.4 Å². The molecule has 208 valence electrons. The Morgan fingerprint density at radius 1 is 0.974 bits per heavy atom. The molecule has 1 aliphatic carbocycles. The Morgan fingerprint density at radius 2 is 1.69 bits per heavy atom. The minimum absolute atomic E-state index is 0.0181. The minimum Gasteiger partial charge on any atom is -0.489 e. The van der Waals surface area contributed by atoms with Crippen LogP contribution in [0.2, 0.25) is 0 Å². The molecule has 1 aromatic heterocycles. The molecule has 2 heterocycles. The molecule has 10 heteroatoms. The van der Waals surface area contributed by atoms with Crippen LogP contribution in [0.4, 0.5) is 5.69 Å². The van der Waals surface area contributed by atoms with Gasteiger partial charge >= 0.3 is 5.56 Å². The van der Waals surface area contributed by atoms with E-state index in [4.69, 9.17) is 9.47 Å². The lowest BCUT2D eigenvalue weighted by Gasteiger charge is -2.36. The summed E-state index contributed by atoms with van der Waals surface area (Å²) < 4.78 is 40.5. The van der Waals surface area contributed by atoms with Gasteiger partial charge in [0, 0.05) is 32.2 Å². The van der Waals surface area contributed by atoms with E-state index in [1.54, 1.807) is 26.1 Å². The van der Waals surface area contributed by atoms with E-state index < -0.39 is 15.3 Å². The van der Waals surface area contributed by atoms with Gasteiger partial charge in [0.05, 0.1) is 23.2 Å². The summed E-state index contributed by atoms with van der Waals surface area (Å²) >= 11 is 0. The zero-order valence-electron chi connectivity index (χ0n) is 22.5. The highest BCUT2D eigenvalue weighted by Gasteiger charge is 2.32. The second-order valence-corrected chi connectivity index (χ2v) is 12.8. The van der Waals surface area contributed by atoms with E-state index >= 15 is 0 Å². The standard InChI is InChI=1S/C29H36N4O5S/c1-22(2)39(35,36)32-17-15-31(16-18-32)27-20-30-33(29(34)28(27)38-25-12-6-7-13-25)24-11-8-14-26(19-24)37-21-23-9-4-3-5-10-23/h3-5,8-11,14,19-20,22,25H,6-7,12-13,15-18,21H2,1-2H3. The van der Waals surface area contributed by atoms with Crippen molar-refractivity contribution in [3.05, 3.63) is 76.7 Å². The molecule has 1 saturated carbocycles. The quantitative estimate of drug-likeness (QED) is 0.396. The Morgan fingerprint density at radius 3 is 2.38 bits per heavy atom. The summed E-state index contributed by atoms with van der Waals surface area (Å²) in [6.45, 7) is 5.43. The summed E-state index contributed by atoms with van der Waals surface area (Å²) in [6.07, 6.45) is 5.61. The van der Waals surface area contributed by atoms with Gasteiger partial charge in [0.2, 0.25) is 15.8 Å². The highest BCUT2D eigenvalue weighted by atomic mass is 32.2. The van der Waals surface area contributed by atoms with Crippen molar-refractivity contribution in [1.29, 1.82) is 0 Å². The maximum atomic E-state index is 13.8. The first kappa shape index (κ1) is 27.2. The Hall–Kier alpha value is -3.37. The Kier molecular flexibility index (Phi) is 8.23. The Bertz CT molecular complexity index is 1430. The van der Waals surface area contributed by atoms with Crippen LogP contribution >= 0.6 is 0 Å². The number of benzene rings is 2. The number of rotatable bonds is 9. The van der Waals surface area contributed by atoms with E-state index in [0.29, 0.717) is 49.9 Å². The van der Waals surface area contributed by atoms with Gasteiger partial charge in [0.15, 0.2) is 0 Å². The number of anilines is 1.